The minimum Gasteiger partial charge on any atom is -0.508 e. The maximum atomic E-state index is 9.44. The molecule has 0 saturated heterocycles. The van der Waals surface area contributed by atoms with Crippen LogP contribution in [0.4, 0.5) is 0 Å². The average Bonchev–Trinajstić information content (AvgIpc) is 2.96. The molecule has 0 aliphatic heterocycles. The zero-order valence-corrected chi connectivity index (χ0v) is 11.2. The van der Waals surface area contributed by atoms with Gasteiger partial charge in [-0.25, -0.2) is 0 Å². The van der Waals surface area contributed by atoms with Gasteiger partial charge in [-0.15, -0.1) is 11.3 Å². The molecule has 1 atom stereocenters. The van der Waals surface area contributed by atoms with Crippen molar-refractivity contribution in [2.75, 3.05) is 0 Å². The zero-order chi connectivity index (χ0) is 13.1. The van der Waals surface area contributed by atoms with E-state index in [4.69, 9.17) is 0 Å². The first-order valence-corrected chi connectivity index (χ1v) is 7.10. The van der Waals surface area contributed by atoms with E-state index in [1.165, 1.54) is 16.0 Å². The monoisotopic (exact) mass is 266 g/mol. The van der Waals surface area contributed by atoms with Gasteiger partial charge in [0, 0.05) is 10.8 Å². The zero-order valence-electron chi connectivity index (χ0n) is 10.4. The first-order chi connectivity index (χ1) is 9.34. The molecule has 1 aromatic heterocycles. The molecule has 1 nitrogen and oxygen atoms in total. The third-order valence-electron chi connectivity index (χ3n) is 3.19. The lowest BCUT2D eigenvalue weighted by Gasteiger charge is -2.16. The summed E-state index contributed by atoms with van der Waals surface area (Å²) in [4.78, 5) is 1.32. The number of hydrogen-bond donors (Lipinski definition) is 1. The molecule has 0 aliphatic carbocycles. The number of thiophene rings is 1. The Morgan fingerprint density at radius 3 is 2.05 bits per heavy atom. The highest BCUT2D eigenvalue weighted by Gasteiger charge is 2.17. The van der Waals surface area contributed by atoms with E-state index in [9.17, 15) is 5.11 Å². The van der Waals surface area contributed by atoms with Crippen molar-refractivity contribution in [3.63, 3.8) is 0 Å². The van der Waals surface area contributed by atoms with Gasteiger partial charge in [0.15, 0.2) is 0 Å². The highest BCUT2D eigenvalue weighted by atomic mass is 32.1. The minimum atomic E-state index is 0.238. The van der Waals surface area contributed by atoms with E-state index in [2.05, 4.69) is 41.8 Å². The fourth-order valence-corrected chi connectivity index (χ4v) is 3.17. The topological polar surface area (TPSA) is 20.2 Å². The summed E-state index contributed by atoms with van der Waals surface area (Å²) in [5, 5.41) is 11.5. The van der Waals surface area contributed by atoms with Gasteiger partial charge in [-0.2, -0.15) is 0 Å². The van der Waals surface area contributed by atoms with Gasteiger partial charge in [0.1, 0.15) is 5.75 Å². The normalized spacial score (nSPS) is 12.2. The largest absolute Gasteiger partial charge is 0.508 e. The van der Waals surface area contributed by atoms with Gasteiger partial charge in [0.2, 0.25) is 0 Å². The van der Waals surface area contributed by atoms with Crippen molar-refractivity contribution >= 4 is 11.3 Å². The second kappa shape index (κ2) is 5.29. The van der Waals surface area contributed by atoms with Gasteiger partial charge in [0.25, 0.3) is 0 Å². The molecule has 0 radical (unpaired) electrons. The van der Waals surface area contributed by atoms with Crippen LogP contribution < -0.4 is 0 Å². The first-order valence-electron chi connectivity index (χ1n) is 6.22. The van der Waals surface area contributed by atoms with E-state index in [0.717, 1.165) is 0 Å². The van der Waals surface area contributed by atoms with Crippen molar-refractivity contribution in [3.8, 4) is 5.75 Å². The molecule has 0 amide bonds. The van der Waals surface area contributed by atoms with Crippen LogP contribution in [0.3, 0.4) is 0 Å². The van der Waals surface area contributed by atoms with Crippen molar-refractivity contribution in [3.05, 3.63) is 88.1 Å². The number of aromatic hydroxyl groups is 1. The molecule has 1 N–H and O–H groups in total. The highest BCUT2D eigenvalue weighted by Crippen LogP contribution is 2.34. The van der Waals surface area contributed by atoms with Crippen LogP contribution >= 0.6 is 11.3 Å². The second-order valence-corrected chi connectivity index (χ2v) is 5.43. The van der Waals surface area contributed by atoms with Crippen molar-refractivity contribution in [2.24, 2.45) is 0 Å². The van der Waals surface area contributed by atoms with Crippen LogP contribution in [0.1, 0.15) is 21.9 Å². The van der Waals surface area contributed by atoms with Crippen molar-refractivity contribution in [1.29, 1.82) is 0 Å². The van der Waals surface area contributed by atoms with Crippen LogP contribution in [0, 0.1) is 0 Å². The van der Waals surface area contributed by atoms with E-state index >= 15 is 0 Å². The van der Waals surface area contributed by atoms with E-state index in [1.807, 2.05) is 18.2 Å². The van der Waals surface area contributed by atoms with Crippen LogP contribution in [0.2, 0.25) is 0 Å². The standard InChI is InChI=1S/C17H14OS/c18-15-10-8-14(9-11-15)17(16-7-4-12-19-16)13-5-2-1-3-6-13/h1-12,17-18H. The molecule has 1 heterocycles. The molecule has 3 rings (SSSR count). The Kier molecular flexibility index (Phi) is 3.34. The van der Waals surface area contributed by atoms with Crippen LogP contribution in [0.5, 0.6) is 5.75 Å². The predicted octanol–water partition coefficient (Wildman–Crippen LogP) is 4.63. The predicted molar refractivity (Wildman–Crippen MR) is 79.8 cm³/mol. The summed E-state index contributed by atoms with van der Waals surface area (Å²) in [5.41, 5.74) is 2.47. The van der Waals surface area contributed by atoms with Gasteiger partial charge >= 0.3 is 0 Å². The van der Waals surface area contributed by atoms with Crippen LogP contribution in [0.15, 0.2) is 72.1 Å². The molecule has 0 aliphatic rings. The summed E-state index contributed by atoms with van der Waals surface area (Å²) < 4.78 is 0. The minimum absolute atomic E-state index is 0.238. The number of rotatable bonds is 3. The third-order valence-corrected chi connectivity index (χ3v) is 4.12. The molecule has 94 valence electrons. The Labute approximate surface area is 116 Å². The lowest BCUT2D eigenvalue weighted by atomic mass is 9.90. The number of phenols is 1. The van der Waals surface area contributed by atoms with Gasteiger partial charge in [-0.1, -0.05) is 48.5 Å². The van der Waals surface area contributed by atoms with Crippen LogP contribution in [0.25, 0.3) is 0 Å². The smallest absolute Gasteiger partial charge is 0.115 e. The van der Waals surface area contributed by atoms with E-state index in [0.29, 0.717) is 5.75 Å². The van der Waals surface area contributed by atoms with Gasteiger partial charge in [-0.3, -0.25) is 0 Å². The van der Waals surface area contributed by atoms with Crippen molar-refractivity contribution in [2.45, 2.75) is 5.92 Å². The fourth-order valence-electron chi connectivity index (χ4n) is 2.29. The SMILES string of the molecule is Oc1ccc(C(c2ccccc2)c2cccs2)cc1. The Balaban J connectivity index is 2.10. The highest BCUT2D eigenvalue weighted by molar-refractivity contribution is 7.10. The summed E-state index contributed by atoms with van der Waals surface area (Å²) in [7, 11) is 0. The number of phenolic OH excluding ortho intramolecular Hbond substituents is 1. The molecule has 19 heavy (non-hydrogen) atoms. The molecule has 3 aromatic rings. The molecule has 0 spiro atoms. The second-order valence-electron chi connectivity index (χ2n) is 4.45. The number of benzene rings is 2. The average molecular weight is 266 g/mol. The molecule has 2 heteroatoms. The Morgan fingerprint density at radius 1 is 0.737 bits per heavy atom. The van der Waals surface area contributed by atoms with Crippen molar-refractivity contribution < 1.29 is 5.11 Å². The molecule has 1 unspecified atom stereocenters. The maximum absolute atomic E-state index is 9.44. The molecule has 0 bridgehead atoms. The van der Waals surface area contributed by atoms with E-state index < -0.39 is 0 Å². The summed E-state index contributed by atoms with van der Waals surface area (Å²) in [5.74, 6) is 0.545. The summed E-state index contributed by atoms with van der Waals surface area (Å²) >= 11 is 1.76. The Morgan fingerprint density at radius 2 is 1.42 bits per heavy atom. The quantitative estimate of drug-likeness (QED) is 0.732. The molecule has 0 fully saturated rings. The van der Waals surface area contributed by atoms with Gasteiger partial charge in [0.05, 0.1) is 0 Å². The Bertz CT molecular complexity index is 627. The van der Waals surface area contributed by atoms with E-state index in [1.54, 1.807) is 23.5 Å². The molecular formula is C17H14OS. The summed E-state index contributed by atoms with van der Waals surface area (Å²) in [6.07, 6.45) is 0. The lowest BCUT2D eigenvalue weighted by Crippen LogP contribution is -2.00. The lowest BCUT2D eigenvalue weighted by molar-refractivity contribution is 0.475. The number of hydrogen-bond acceptors (Lipinski definition) is 2. The van der Waals surface area contributed by atoms with Crippen molar-refractivity contribution in [1.82, 2.24) is 0 Å². The van der Waals surface area contributed by atoms with E-state index in [-0.39, 0.29) is 5.92 Å². The summed E-state index contributed by atoms with van der Waals surface area (Å²) in [6, 6.07) is 22.2. The van der Waals surface area contributed by atoms with Gasteiger partial charge in [-0.05, 0) is 34.7 Å². The maximum Gasteiger partial charge on any atom is 0.115 e. The molecule has 2 aromatic carbocycles. The Hall–Kier alpha value is -2.06. The third kappa shape index (κ3) is 2.54. The molecule has 0 saturated carbocycles. The van der Waals surface area contributed by atoms with Gasteiger partial charge < -0.3 is 5.11 Å². The molecular weight excluding hydrogens is 252 g/mol. The van der Waals surface area contributed by atoms with Crippen LogP contribution in [-0.2, 0) is 0 Å². The fraction of sp³-hybridized carbons (Fsp3) is 0.0588. The summed E-state index contributed by atoms with van der Waals surface area (Å²) in [6.45, 7) is 0. The van der Waals surface area contributed by atoms with Crippen LogP contribution in [-0.4, -0.2) is 5.11 Å². The first kappa shape index (κ1) is 12.0.